The zero-order valence-corrected chi connectivity index (χ0v) is 21.5. The topological polar surface area (TPSA) is 118 Å². The Bertz CT molecular complexity index is 1330. The molecule has 2 aromatic carbocycles. The molecule has 0 atom stereocenters. The number of halogens is 1. The van der Waals surface area contributed by atoms with Gasteiger partial charge in [0, 0.05) is 29.3 Å². The summed E-state index contributed by atoms with van der Waals surface area (Å²) in [5.74, 6) is -0.167. The van der Waals surface area contributed by atoms with Gasteiger partial charge in [-0.1, -0.05) is 25.1 Å². The van der Waals surface area contributed by atoms with Crippen molar-refractivity contribution in [3.05, 3.63) is 53.8 Å². The smallest absolute Gasteiger partial charge is 0.225 e. The van der Waals surface area contributed by atoms with E-state index < -0.39 is 43.0 Å². The summed E-state index contributed by atoms with van der Waals surface area (Å²) in [4.78, 5) is 9.84. The molecule has 0 spiro atoms. The van der Waals surface area contributed by atoms with Crippen LogP contribution in [0.1, 0.15) is 12.5 Å². The van der Waals surface area contributed by atoms with Crippen LogP contribution in [0.5, 0.6) is 0 Å². The number of aromatic nitrogens is 2. The van der Waals surface area contributed by atoms with Gasteiger partial charge in [-0.15, -0.1) is 11.8 Å². The van der Waals surface area contributed by atoms with Crippen LogP contribution in [0.3, 0.4) is 0 Å². The van der Waals surface area contributed by atoms with Crippen molar-refractivity contribution in [3.8, 4) is 0 Å². The lowest BCUT2D eigenvalue weighted by atomic mass is 10.2. The number of sulfone groups is 2. The number of nitrogens with one attached hydrogen (secondary N) is 2. The summed E-state index contributed by atoms with van der Waals surface area (Å²) in [5.41, 5.74) is 1.01. The van der Waals surface area contributed by atoms with E-state index in [4.69, 9.17) is 0 Å². The monoisotopic (exact) mass is 526 g/mol. The van der Waals surface area contributed by atoms with Crippen LogP contribution in [0.2, 0.25) is 0 Å². The molecule has 0 unspecified atom stereocenters. The molecule has 0 fully saturated rings. The van der Waals surface area contributed by atoms with Gasteiger partial charge in [0.15, 0.2) is 0 Å². The van der Waals surface area contributed by atoms with Crippen molar-refractivity contribution in [1.82, 2.24) is 9.97 Å². The van der Waals surface area contributed by atoms with E-state index in [0.717, 1.165) is 28.7 Å². The number of thioether (sulfide) groups is 1. The highest BCUT2D eigenvalue weighted by atomic mass is 32.2. The molecule has 0 saturated carbocycles. The van der Waals surface area contributed by atoms with Crippen molar-refractivity contribution < 1.29 is 21.2 Å². The molecule has 0 radical (unpaired) electrons. The quantitative estimate of drug-likeness (QED) is 0.363. The van der Waals surface area contributed by atoms with Gasteiger partial charge in [0.05, 0.1) is 17.5 Å². The SMILES string of the molecule is CCSc1ccc(CNc2nc(NC(CS(C)(=O)=O)CS(C)(=O)=O)c3cccc(F)c3n2)cc1. The Kier molecular flexibility index (Phi) is 8.37. The minimum atomic E-state index is -3.50. The van der Waals surface area contributed by atoms with E-state index in [1.165, 1.54) is 12.1 Å². The van der Waals surface area contributed by atoms with Crippen molar-refractivity contribution in [3.63, 3.8) is 0 Å². The number of hydrogen-bond donors (Lipinski definition) is 2. The second-order valence-electron chi connectivity index (χ2n) is 7.99. The molecule has 12 heteroatoms. The Balaban J connectivity index is 1.92. The summed E-state index contributed by atoms with van der Waals surface area (Å²) < 4.78 is 62.1. The fraction of sp³-hybridized carbons (Fsp3) is 0.364. The van der Waals surface area contributed by atoms with Crippen molar-refractivity contribution in [2.75, 3.05) is 40.4 Å². The van der Waals surface area contributed by atoms with Crippen LogP contribution < -0.4 is 10.6 Å². The Morgan fingerprint density at radius 3 is 2.21 bits per heavy atom. The average molecular weight is 527 g/mol. The molecule has 0 aliphatic heterocycles. The Morgan fingerprint density at radius 2 is 1.62 bits per heavy atom. The third-order valence-electron chi connectivity index (χ3n) is 4.71. The molecule has 3 aromatic rings. The molecule has 0 saturated heterocycles. The first kappa shape index (κ1) is 26.2. The Labute approximate surface area is 203 Å². The summed E-state index contributed by atoms with van der Waals surface area (Å²) in [7, 11) is -7.01. The Morgan fingerprint density at radius 1 is 0.971 bits per heavy atom. The minimum Gasteiger partial charge on any atom is -0.365 e. The largest absolute Gasteiger partial charge is 0.365 e. The lowest BCUT2D eigenvalue weighted by molar-refractivity contribution is 0.591. The average Bonchev–Trinajstić information content (AvgIpc) is 2.72. The predicted molar refractivity (Wildman–Crippen MR) is 136 cm³/mol. The first-order valence-corrected chi connectivity index (χ1v) is 15.6. The van der Waals surface area contributed by atoms with Crippen molar-refractivity contribution in [1.29, 1.82) is 0 Å². The van der Waals surface area contributed by atoms with Crippen LogP contribution in [-0.4, -0.2) is 62.6 Å². The van der Waals surface area contributed by atoms with E-state index in [-0.39, 0.29) is 17.3 Å². The summed E-state index contributed by atoms with van der Waals surface area (Å²) >= 11 is 1.74. The van der Waals surface area contributed by atoms with Gasteiger partial charge in [-0.3, -0.25) is 0 Å². The van der Waals surface area contributed by atoms with Crippen LogP contribution in [-0.2, 0) is 26.2 Å². The molecule has 2 N–H and O–H groups in total. The molecular weight excluding hydrogens is 499 g/mol. The maximum Gasteiger partial charge on any atom is 0.225 e. The fourth-order valence-corrected chi connectivity index (χ4v) is 6.09. The second kappa shape index (κ2) is 10.9. The normalized spacial score (nSPS) is 12.3. The van der Waals surface area contributed by atoms with Gasteiger partial charge < -0.3 is 10.6 Å². The first-order chi connectivity index (χ1) is 15.9. The number of benzene rings is 2. The van der Waals surface area contributed by atoms with Crippen LogP contribution in [0.4, 0.5) is 16.2 Å². The number of fused-ring (bicyclic) bond motifs is 1. The molecule has 8 nitrogen and oxygen atoms in total. The number of rotatable bonds is 11. The summed E-state index contributed by atoms with van der Waals surface area (Å²) in [5, 5.41) is 6.29. The summed E-state index contributed by atoms with van der Waals surface area (Å²) in [6.45, 7) is 2.46. The van der Waals surface area contributed by atoms with Crippen LogP contribution in [0.25, 0.3) is 10.9 Å². The number of anilines is 2. The third kappa shape index (κ3) is 7.81. The molecule has 1 aromatic heterocycles. The molecule has 0 bridgehead atoms. The van der Waals surface area contributed by atoms with Gasteiger partial charge in [0.2, 0.25) is 5.95 Å². The van der Waals surface area contributed by atoms with Gasteiger partial charge in [0.25, 0.3) is 0 Å². The van der Waals surface area contributed by atoms with Crippen LogP contribution in [0, 0.1) is 5.82 Å². The molecule has 0 aliphatic rings. The minimum absolute atomic E-state index is 0.0367. The van der Waals surface area contributed by atoms with Crippen molar-refractivity contribution >= 4 is 54.1 Å². The highest BCUT2D eigenvalue weighted by molar-refractivity contribution is 7.99. The molecule has 0 aliphatic carbocycles. The number of para-hydroxylation sites is 1. The summed E-state index contributed by atoms with van der Waals surface area (Å²) in [6, 6.07) is 11.3. The lowest BCUT2D eigenvalue weighted by Crippen LogP contribution is -2.35. The number of nitrogens with zero attached hydrogens (tertiary/aromatic N) is 2. The van der Waals surface area contributed by atoms with Gasteiger partial charge in [-0.25, -0.2) is 26.2 Å². The molecule has 0 amide bonds. The third-order valence-corrected chi connectivity index (χ3v) is 7.62. The van der Waals surface area contributed by atoms with E-state index in [9.17, 15) is 21.2 Å². The predicted octanol–water partition coefficient (Wildman–Crippen LogP) is 3.36. The van der Waals surface area contributed by atoms with E-state index in [2.05, 4.69) is 27.5 Å². The second-order valence-corrected chi connectivity index (χ2v) is 13.7. The molecule has 34 heavy (non-hydrogen) atoms. The molecule has 3 rings (SSSR count). The maximum absolute atomic E-state index is 14.6. The number of hydrogen-bond acceptors (Lipinski definition) is 9. The van der Waals surface area contributed by atoms with Gasteiger partial charge >= 0.3 is 0 Å². The summed E-state index contributed by atoms with van der Waals surface area (Å²) in [6.07, 6.45) is 2.05. The van der Waals surface area contributed by atoms with E-state index in [1.807, 2.05) is 24.3 Å². The Hall–Kier alpha value is -2.44. The molecule has 1 heterocycles. The fourth-order valence-electron chi connectivity index (χ4n) is 3.41. The first-order valence-electron chi connectivity index (χ1n) is 10.5. The lowest BCUT2D eigenvalue weighted by Gasteiger charge is -2.19. The van der Waals surface area contributed by atoms with Crippen molar-refractivity contribution in [2.24, 2.45) is 0 Å². The molecule has 184 valence electrons. The highest BCUT2D eigenvalue weighted by Crippen LogP contribution is 2.25. The van der Waals surface area contributed by atoms with E-state index >= 15 is 0 Å². The van der Waals surface area contributed by atoms with E-state index in [0.29, 0.717) is 11.9 Å². The van der Waals surface area contributed by atoms with Crippen LogP contribution in [0.15, 0.2) is 47.4 Å². The van der Waals surface area contributed by atoms with Gasteiger partial charge in [-0.2, -0.15) is 4.98 Å². The zero-order chi connectivity index (χ0) is 24.9. The van der Waals surface area contributed by atoms with Gasteiger partial charge in [0.1, 0.15) is 36.8 Å². The molecular formula is C22H27FN4O4S3. The zero-order valence-electron chi connectivity index (χ0n) is 19.1. The van der Waals surface area contributed by atoms with Gasteiger partial charge in [-0.05, 0) is 35.6 Å². The van der Waals surface area contributed by atoms with E-state index in [1.54, 1.807) is 17.8 Å². The van der Waals surface area contributed by atoms with Crippen molar-refractivity contribution in [2.45, 2.75) is 24.4 Å². The highest BCUT2D eigenvalue weighted by Gasteiger charge is 2.22. The maximum atomic E-state index is 14.6. The van der Waals surface area contributed by atoms with Crippen LogP contribution >= 0.6 is 11.8 Å². The standard InChI is InChI=1S/C22H27FN4O4S3/c1-4-32-17-10-8-15(9-11-17)12-24-22-26-20-18(6-5-7-19(20)23)21(27-22)25-16(13-33(2,28)29)14-34(3,30)31/h5-11,16H,4,12-14H2,1-3H3,(H2,24,25,26,27).